The summed E-state index contributed by atoms with van der Waals surface area (Å²) in [5.41, 5.74) is 0.828. The number of rotatable bonds is 12. The van der Waals surface area contributed by atoms with E-state index in [1.807, 2.05) is 0 Å². The molecule has 0 aliphatic carbocycles. The van der Waals surface area contributed by atoms with Gasteiger partial charge in [0.15, 0.2) is 6.61 Å². The van der Waals surface area contributed by atoms with E-state index in [9.17, 15) is 26.8 Å². The molecule has 2 atom stereocenters. The second-order valence-corrected chi connectivity index (χ2v) is 11.3. The van der Waals surface area contributed by atoms with E-state index in [1.54, 1.807) is 6.92 Å². The van der Waals surface area contributed by atoms with Crippen molar-refractivity contribution in [1.82, 2.24) is 10.2 Å². The zero-order chi connectivity index (χ0) is 29.4. The van der Waals surface area contributed by atoms with E-state index in [-0.39, 0.29) is 34.9 Å². The molecule has 3 aromatic carbocycles. The fourth-order valence-electron chi connectivity index (χ4n) is 4.21. The molecule has 2 unspecified atom stereocenters. The lowest BCUT2D eigenvalue weighted by atomic mass is 10.1. The SMILES string of the molecule is CC(C(=O)NCC1CCCO1)N(Cc1ccc(F)cc1)C(=O)COc1ccc(S(=O)(=O)Nc2ccc(F)cc2)cc1. The van der Waals surface area contributed by atoms with Gasteiger partial charge < -0.3 is 19.7 Å². The largest absolute Gasteiger partial charge is 0.484 e. The predicted molar refractivity (Wildman–Crippen MR) is 148 cm³/mol. The van der Waals surface area contributed by atoms with E-state index in [2.05, 4.69) is 10.0 Å². The van der Waals surface area contributed by atoms with Gasteiger partial charge in [-0.05, 0) is 86.0 Å². The zero-order valence-corrected chi connectivity index (χ0v) is 23.2. The van der Waals surface area contributed by atoms with Crippen molar-refractivity contribution in [3.8, 4) is 5.75 Å². The maximum atomic E-state index is 13.4. The number of hydrogen-bond donors (Lipinski definition) is 2. The van der Waals surface area contributed by atoms with Crippen LogP contribution in [0.3, 0.4) is 0 Å². The summed E-state index contributed by atoms with van der Waals surface area (Å²) in [6, 6.07) is 15.1. The second kappa shape index (κ2) is 13.6. The van der Waals surface area contributed by atoms with Crippen LogP contribution in [-0.4, -0.2) is 57.0 Å². The van der Waals surface area contributed by atoms with Gasteiger partial charge in [0, 0.05) is 25.4 Å². The van der Waals surface area contributed by atoms with Crippen molar-refractivity contribution in [1.29, 1.82) is 0 Å². The Morgan fingerprint density at radius 2 is 1.63 bits per heavy atom. The van der Waals surface area contributed by atoms with E-state index in [0.29, 0.717) is 18.7 Å². The number of carbonyl (C=O) groups excluding carboxylic acids is 2. The van der Waals surface area contributed by atoms with Crippen LogP contribution in [0.2, 0.25) is 0 Å². The van der Waals surface area contributed by atoms with Crippen LogP contribution in [0.15, 0.2) is 77.7 Å². The molecule has 1 aliphatic heterocycles. The van der Waals surface area contributed by atoms with Gasteiger partial charge in [-0.15, -0.1) is 0 Å². The monoisotopic (exact) mass is 587 g/mol. The zero-order valence-electron chi connectivity index (χ0n) is 22.4. The van der Waals surface area contributed by atoms with Gasteiger partial charge in [0.25, 0.3) is 15.9 Å². The number of halogens is 2. The number of nitrogens with one attached hydrogen (secondary N) is 2. The summed E-state index contributed by atoms with van der Waals surface area (Å²) in [5, 5.41) is 2.83. The molecule has 2 amide bonds. The van der Waals surface area contributed by atoms with Crippen molar-refractivity contribution in [2.45, 2.75) is 43.4 Å². The summed E-state index contributed by atoms with van der Waals surface area (Å²) in [6.07, 6.45) is 1.72. The summed E-state index contributed by atoms with van der Waals surface area (Å²) < 4.78 is 65.3. The minimum Gasteiger partial charge on any atom is -0.484 e. The number of carbonyl (C=O) groups is 2. The van der Waals surface area contributed by atoms with Gasteiger partial charge in [0.2, 0.25) is 5.91 Å². The van der Waals surface area contributed by atoms with Crippen LogP contribution in [0.1, 0.15) is 25.3 Å². The minimum atomic E-state index is -3.94. The first kappa shape index (κ1) is 29.9. The van der Waals surface area contributed by atoms with E-state index in [0.717, 1.165) is 25.0 Å². The van der Waals surface area contributed by atoms with Crippen LogP contribution >= 0.6 is 0 Å². The summed E-state index contributed by atoms with van der Waals surface area (Å²) in [6.45, 7) is 2.21. The van der Waals surface area contributed by atoms with Gasteiger partial charge in [-0.2, -0.15) is 0 Å². The van der Waals surface area contributed by atoms with Gasteiger partial charge in [-0.3, -0.25) is 14.3 Å². The topological polar surface area (TPSA) is 114 Å². The minimum absolute atomic E-state index is 0.0449. The Labute approximate surface area is 237 Å². The quantitative estimate of drug-likeness (QED) is 0.333. The Kier molecular flexibility index (Phi) is 9.90. The number of amides is 2. The molecule has 0 spiro atoms. The van der Waals surface area contributed by atoms with Crippen molar-refractivity contribution in [3.63, 3.8) is 0 Å². The van der Waals surface area contributed by atoms with Gasteiger partial charge in [-0.25, -0.2) is 17.2 Å². The van der Waals surface area contributed by atoms with Crippen LogP contribution in [0, 0.1) is 11.6 Å². The van der Waals surface area contributed by atoms with Gasteiger partial charge in [-0.1, -0.05) is 12.1 Å². The molecule has 3 aromatic rings. The lowest BCUT2D eigenvalue weighted by molar-refractivity contribution is -0.142. The lowest BCUT2D eigenvalue weighted by Gasteiger charge is -2.29. The molecule has 1 fully saturated rings. The third-order valence-electron chi connectivity index (χ3n) is 6.55. The molecule has 9 nitrogen and oxygen atoms in total. The van der Waals surface area contributed by atoms with Gasteiger partial charge in [0.05, 0.1) is 11.0 Å². The molecule has 12 heteroatoms. The molecule has 1 heterocycles. The van der Waals surface area contributed by atoms with Crippen molar-refractivity contribution >= 4 is 27.5 Å². The molecule has 1 saturated heterocycles. The number of anilines is 1. The first-order valence-corrected chi connectivity index (χ1v) is 14.5. The number of nitrogens with zero attached hydrogens (tertiary/aromatic N) is 1. The number of benzene rings is 3. The Morgan fingerprint density at radius 3 is 2.24 bits per heavy atom. The number of sulfonamides is 1. The highest BCUT2D eigenvalue weighted by molar-refractivity contribution is 7.92. The lowest BCUT2D eigenvalue weighted by Crippen LogP contribution is -2.50. The highest BCUT2D eigenvalue weighted by Gasteiger charge is 2.27. The standard InChI is InChI=1S/C29H31F2N3O6S/c1-20(29(36)32-17-26-3-2-16-39-26)34(18-21-4-6-22(30)7-5-21)28(35)19-40-25-12-14-27(15-13-25)41(37,38)33-24-10-8-23(31)9-11-24/h4-15,20,26,33H,2-3,16-19H2,1H3,(H,32,36). The summed E-state index contributed by atoms with van der Waals surface area (Å²) in [4.78, 5) is 27.4. The Morgan fingerprint density at radius 1 is 1.00 bits per heavy atom. The summed E-state index contributed by atoms with van der Waals surface area (Å²) >= 11 is 0. The molecule has 4 rings (SSSR count). The highest BCUT2D eigenvalue weighted by atomic mass is 32.2. The van der Waals surface area contributed by atoms with Crippen molar-refractivity contribution in [3.05, 3.63) is 90.0 Å². The number of hydrogen-bond acceptors (Lipinski definition) is 6. The average Bonchev–Trinajstić information content (AvgIpc) is 3.49. The first-order chi connectivity index (χ1) is 19.6. The fraction of sp³-hybridized carbons (Fsp3) is 0.310. The number of ether oxygens (including phenoxy) is 2. The molecule has 0 bridgehead atoms. The third kappa shape index (κ3) is 8.48. The van der Waals surface area contributed by atoms with Gasteiger partial charge >= 0.3 is 0 Å². The summed E-state index contributed by atoms with van der Waals surface area (Å²) in [7, 11) is -3.94. The van der Waals surface area contributed by atoms with Crippen LogP contribution in [0.25, 0.3) is 0 Å². The van der Waals surface area contributed by atoms with Gasteiger partial charge in [0.1, 0.15) is 23.4 Å². The van der Waals surface area contributed by atoms with E-state index in [1.165, 1.54) is 65.6 Å². The fourth-order valence-corrected chi connectivity index (χ4v) is 5.27. The molecule has 0 saturated carbocycles. The molecule has 0 aromatic heterocycles. The Hall–Kier alpha value is -4.03. The Bertz CT molecular complexity index is 1430. The third-order valence-corrected chi connectivity index (χ3v) is 7.95. The van der Waals surface area contributed by atoms with Crippen molar-refractivity contribution in [2.24, 2.45) is 0 Å². The normalized spacial score (nSPS) is 15.6. The summed E-state index contributed by atoms with van der Waals surface area (Å²) in [5.74, 6) is -1.54. The molecule has 41 heavy (non-hydrogen) atoms. The van der Waals surface area contributed by atoms with Crippen LogP contribution < -0.4 is 14.8 Å². The molecular formula is C29H31F2N3O6S. The average molecular weight is 588 g/mol. The van der Waals surface area contributed by atoms with E-state index < -0.39 is 40.2 Å². The van der Waals surface area contributed by atoms with Crippen LogP contribution in [0.5, 0.6) is 5.75 Å². The van der Waals surface area contributed by atoms with Crippen LogP contribution in [-0.2, 0) is 30.9 Å². The molecule has 218 valence electrons. The van der Waals surface area contributed by atoms with Crippen molar-refractivity contribution < 1.29 is 36.3 Å². The highest BCUT2D eigenvalue weighted by Crippen LogP contribution is 2.20. The first-order valence-electron chi connectivity index (χ1n) is 13.1. The molecule has 2 N–H and O–H groups in total. The Balaban J connectivity index is 1.39. The predicted octanol–water partition coefficient (Wildman–Crippen LogP) is 3.86. The van der Waals surface area contributed by atoms with Crippen molar-refractivity contribution in [2.75, 3.05) is 24.5 Å². The molecular weight excluding hydrogens is 556 g/mol. The second-order valence-electron chi connectivity index (χ2n) is 9.58. The van der Waals surface area contributed by atoms with Crippen LogP contribution in [0.4, 0.5) is 14.5 Å². The van der Waals surface area contributed by atoms with E-state index in [4.69, 9.17) is 9.47 Å². The molecule has 0 radical (unpaired) electrons. The maximum Gasteiger partial charge on any atom is 0.261 e. The van der Waals surface area contributed by atoms with E-state index >= 15 is 0 Å². The smallest absolute Gasteiger partial charge is 0.261 e. The molecule has 1 aliphatic rings. The maximum absolute atomic E-state index is 13.4.